The van der Waals surface area contributed by atoms with Gasteiger partial charge in [0.15, 0.2) is 0 Å². The SMILES string of the molecule is CN(C)S(=O)(=O)CCNC(=O)C1CCCCN1. The lowest BCUT2D eigenvalue weighted by Crippen LogP contribution is -2.47. The molecule has 0 bridgehead atoms. The molecule has 100 valence electrons. The van der Waals surface area contributed by atoms with Gasteiger partial charge in [0.1, 0.15) is 0 Å². The van der Waals surface area contributed by atoms with E-state index in [9.17, 15) is 13.2 Å². The normalized spacial score (nSPS) is 21.5. The van der Waals surface area contributed by atoms with Crippen LogP contribution in [0.15, 0.2) is 0 Å². The van der Waals surface area contributed by atoms with Gasteiger partial charge in [0.25, 0.3) is 0 Å². The second kappa shape index (κ2) is 6.32. The van der Waals surface area contributed by atoms with Crippen LogP contribution in [0.5, 0.6) is 0 Å². The lowest BCUT2D eigenvalue weighted by Gasteiger charge is -2.22. The maximum Gasteiger partial charge on any atom is 0.237 e. The van der Waals surface area contributed by atoms with E-state index in [4.69, 9.17) is 0 Å². The van der Waals surface area contributed by atoms with Crippen molar-refractivity contribution in [2.75, 3.05) is 32.9 Å². The third kappa shape index (κ3) is 4.61. The second-order valence-corrected chi connectivity index (χ2v) is 6.69. The first-order valence-corrected chi connectivity index (χ1v) is 7.46. The van der Waals surface area contributed by atoms with Crippen LogP contribution in [0.4, 0.5) is 0 Å². The van der Waals surface area contributed by atoms with Gasteiger partial charge in [0, 0.05) is 20.6 Å². The molecule has 0 aromatic carbocycles. The number of hydrogen-bond acceptors (Lipinski definition) is 4. The van der Waals surface area contributed by atoms with Crippen molar-refractivity contribution >= 4 is 15.9 Å². The van der Waals surface area contributed by atoms with Crippen LogP contribution in [0.3, 0.4) is 0 Å². The predicted octanol–water partition coefficient (Wildman–Crippen LogP) is -0.864. The number of carbonyl (C=O) groups is 1. The maximum atomic E-state index is 11.7. The molecule has 1 aliphatic heterocycles. The van der Waals surface area contributed by atoms with E-state index in [1.165, 1.54) is 14.1 Å². The molecule has 0 aromatic heterocycles. The Morgan fingerprint density at radius 3 is 2.65 bits per heavy atom. The molecule has 1 fully saturated rings. The van der Waals surface area contributed by atoms with E-state index in [0.717, 1.165) is 30.1 Å². The molecule has 1 atom stereocenters. The third-order valence-corrected chi connectivity index (χ3v) is 4.68. The summed E-state index contributed by atoms with van der Waals surface area (Å²) in [7, 11) is -0.254. The number of amides is 1. The zero-order valence-electron chi connectivity index (χ0n) is 10.4. The van der Waals surface area contributed by atoms with E-state index >= 15 is 0 Å². The first kappa shape index (κ1) is 14.4. The van der Waals surface area contributed by atoms with Crippen molar-refractivity contribution in [3.63, 3.8) is 0 Å². The molecular weight excluding hydrogens is 242 g/mol. The molecule has 0 saturated carbocycles. The summed E-state index contributed by atoms with van der Waals surface area (Å²) in [6.07, 6.45) is 2.96. The molecule has 1 heterocycles. The van der Waals surface area contributed by atoms with Gasteiger partial charge >= 0.3 is 0 Å². The van der Waals surface area contributed by atoms with Crippen molar-refractivity contribution < 1.29 is 13.2 Å². The Hall–Kier alpha value is -0.660. The first-order chi connectivity index (χ1) is 7.93. The Kier molecular flexibility index (Phi) is 5.35. The number of carbonyl (C=O) groups excluding carboxylic acids is 1. The number of sulfonamides is 1. The predicted molar refractivity (Wildman–Crippen MR) is 66.1 cm³/mol. The molecule has 1 amide bonds. The molecule has 0 aromatic rings. The van der Waals surface area contributed by atoms with Gasteiger partial charge in [-0.1, -0.05) is 6.42 Å². The Bertz CT molecular complexity index is 348. The number of nitrogens with zero attached hydrogens (tertiary/aromatic N) is 1. The number of rotatable bonds is 5. The Labute approximate surface area is 103 Å². The highest BCUT2D eigenvalue weighted by Gasteiger charge is 2.21. The summed E-state index contributed by atoms with van der Waals surface area (Å²) in [6, 6.07) is -0.161. The van der Waals surface area contributed by atoms with Crippen LogP contribution in [0, 0.1) is 0 Å². The van der Waals surface area contributed by atoms with Gasteiger partial charge in [0.05, 0.1) is 11.8 Å². The molecule has 1 saturated heterocycles. The summed E-state index contributed by atoms with van der Waals surface area (Å²) >= 11 is 0. The van der Waals surface area contributed by atoms with E-state index in [1.807, 2.05) is 0 Å². The smallest absolute Gasteiger partial charge is 0.237 e. The fourth-order valence-corrected chi connectivity index (χ4v) is 2.41. The van der Waals surface area contributed by atoms with Gasteiger partial charge in [-0.15, -0.1) is 0 Å². The first-order valence-electron chi connectivity index (χ1n) is 5.85. The number of piperidine rings is 1. The highest BCUT2D eigenvalue weighted by Crippen LogP contribution is 2.06. The fraction of sp³-hybridized carbons (Fsp3) is 0.900. The summed E-state index contributed by atoms with van der Waals surface area (Å²) in [5, 5.41) is 5.77. The zero-order valence-corrected chi connectivity index (χ0v) is 11.2. The van der Waals surface area contributed by atoms with Crippen molar-refractivity contribution in [2.24, 2.45) is 0 Å². The summed E-state index contributed by atoms with van der Waals surface area (Å²) in [5.74, 6) is -0.156. The van der Waals surface area contributed by atoms with E-state index in [1.54, 1.807) is 0 Å². The lowest BCUT2D eigenvalue weighted by molar-refractivity contribution is -0.123. The van der Waals surface area contributed by atoms with E-state index in [2.05, 4.69) is 10.6 Å². The van der Waals surface area contributed by atoms with Crippen molar-refractivity contribution in [1.29, 1.82) is 0 Å². The molecule has 0 radical (unpaired) electrons. The highest BCUT2D eigenvalue weighted by molar-refractivity contribution is 7.89. The van der Waals surface area contributed by atoms with E-state index in [0.29, 0.717) is 0 Å². The fourth-order valence-electron chi connectivity index (χ4n) is 1.68. The van der Waals surface area contributed by atoms with Gasteiger partial charge in [-0.2, -0.15) is 0 Å². The van der Waals surface area contributed by atoms with Gasteiger partial charge in [-0.25, -0.2) is 12.7 Å². The molecule has 1 aliphatic rings. The van der Waals surface area contributed by atoms with E-state index in [-0.39, 0.29) is 24.2 Å². The van der Waals surface area contributed by atoms with Crippen LogP contribution in [0.2, 0.25) is 0 Å². The van der Waals surface area contributed by atoms with Gasteiger partial charge in [0.2, 0.25) is 15.9 Å². The van der Waals surface area contributed by atoms with Crippen LogP contribution in [0.1, 0.15) is 19.3 Å². The van der Waals surface area contributed by atoms with Crippen LogP contribution in [-0.4, -0.2) is 57.6 Å². The molecular formula is C10H21N3O3S. The van der Waals surface area contributed by atoms with Crippen LogP contribution >= 0.6 is 0 Å². The van der Waals surface area contributed by atoms with Crippen molar-refractivity contribution in [3.8, 4) is 0 Å². The molecule has 7 heteroatoms. The summed E-state index contributed by atoms with van der Waals surface area (Å²) in [4.78, 5) is 11.7. The molecule has 2 N–H and O–H groups in total. The van der Waals surface area contributed by atoms with Crippen molar-refractivity contribution in [3.05, 3.63) is 0 Å². The Morgan fingerprint density at radius 2 is 2.12 bits per heavy atom. The minimum atomic E-state index is -3.23. The van der Waals surface area contributed by atoms with Gasteiger partial charge in [-0.05, 0) is 19.4 Å². The molecule has 0 aliphatic carbocycles. The largest absolute Gasteiger partial charge is 0.354 e. The van der Waals surface area contributed by atoms with E-state index < -0.39 is 10.0 Å². The Morgan fingerprint density at radius 1 is 1.41 bits per heavy atom. The van der Waals surface area contributed by atoms with Crippen molar-refractivity contribution in [1.82, 2.24) is 14.9 Å². The molecule has 1 rings (SSSR count). The van der Waals surface area contributed by atoms with Gasteiger partial charge in [-0.3, -0.25) is 4.79 Å². The number of nitrogens with one attached hydrogen (secondary N) is 2. The monoisotopic (exact) mass is 263 g/mol. The minimum Gasteiger partial charge on any atom is -0.354 e. The highest BCUT2D eigenvalue weighted by atomic mass is 32.2. The minimum absolute atomic E-state index is 0.0571. The topological polar surface area (TPSA) is 78.5 Å². The van der Waals surface area contributed by atoms with Crippen LogP contribution in [-0.2, 0) is 14.8 Å². The molecule has 6 nitrogen and oxygen atoms in total. The molecule has 1 unspecified atom stereocenters. The van der Waals surface area contributed by atoms with Crippen molar-refractivity contribution in [2.45, 2.75) is 25.3 Å². The zero-order chi connectivity index (χ0) is 12.9. The second-order valence-electron chi connectivity index (χ2n) is 4.39. The summed E-state index contributed by atoms with van der Waals surface area (Å²) in [5.41, 5.74) is 0. The Balaban J connectivity index is 2.29. The average molecular weight is 263 g/mol. The average Bonchev–Trinajstić information content (AvgIpc) is 2.29. The maximum absolute atomic E-state index is 11.7. The standard InChI is InChI=1S/C10H21N3O3S/c1-13(2)17(15,16)8-7-12-10(14)9-5-3-4-6-11-9/h9,11H,3-8H2,1-2H3,(H,12,14). The summed E-state index contributed by atoms with van der Waals surface area (Å²) in [6.45, 7) is 1.02. The van der Waals surface area contributed by atoms with Gasteiger partial charge < -0.3 is 10.6 Å². The van der Waals surface area contributed by atoms with Crippen LogP contribution in [0.25, 0.3) is 0 Å². The third-order valence-electron chi connectivity index (χ3n) is 2.84. The summed E-state index contributed by atoms with van der Waals surface area (Å²) < 4.78 is 24.1. The number of hydrogen-bond donors (Lipinski definition) is 2. The molecule has 17 heavy (non-hydrogen) atoms. The van der Waals surface area contributed by atoms with Crippen LogP contribution < -0.4 is 10.6 Å². The quantitative estimate of drug-likeness (QED) is 0.676. The lowest BCUT2D eigenvalue weighted by atomic mass is 10.0. The molecule has 0 spiro atoms.